The number of hydrogen-bond donors (Lipinski definition) is 0. The normalized spacial score (nSPS) is 20.4. The lowest BCUT2D eigenvalue weighted by Crippen LogP contribution is -2.46. The molecular weight excluding hydrogens is 404 g/mol. The topological polar surface area (TPSA) is 59.1 Å². The molecule has 6 nitrogen and oxygen atoms in total. The van der Waals surface area contributed by atoms with E-state index in [0.717, 1.165) is 50.3 Å². The van der Waals surface area contributed by atoms with Crippen LogP contribution >= 0.6 is 0 Å². The lowest BCUT2D eigenvalue weighted by molar-refractivity contribution is -0.143. The van der Waals surface area contributed by atoms with Crippen LogP contribution in [0.4, 0.5) is 0 Å². The van der Waals surface area contributed by atoms with E-state index in [0.29, 0.717) is 19.4 Å². The highest BCUT2D eigenvalue weighted by molar-refractivity contribution is 5.88. The highest BCUT2D eigenvalue weighted by Crippen LogP contribution is 2.27. The number of benzene rings is 2. The van der Waals surface area contributed by atoms with Gasteiger partial charge >= 0.3 is 0 Å². The first-order chi connectivity index (χ1) is 15.6. The van der Waals surface area contributed by atoms with Crippen LogP contribution in [0.25, 0.3) is 0 Å². The summed E-state index contributed by atoms with van der Waals surface area (Å²) in [5, 5.41) is 0. The smallest absolute Gasteiger partial charge is 0.245 e. The van der Waals surface area contributed by atoms with Crippen LogP contribution in [0.5, 0.6) is 11.5 Å². The first-order valence-corrected chi connectivity index (χ1v) is 11.6. The van der Waals surface area contributed by atoms with Crippen molar-refractivity contribution in [2.45, 2.75) is 50.7 Å². The van der Waals surface area contributed by atoms with Gasteiger partial charge in [0.25, 0.3) is 0 Å². The second-order valence-electron chi connectivity index (χ2n) is 8.58. The Bertz CT molecular complexity index is 894. The van der Waals surface area contributed by atoms with Crippen molar-refractivity contribution in [2.24, 2.45) is 0 Å². The summed E-state index contributed by atoms with van der Waals surface area (Å²) < 4.78 is 11.4. The van der Waals surface area contributed by atoms with E-state index in [1.54, 1.807) is 12.0 Å². The van der Waals surface area contributed by atoms with Gasteiger partial charge in [-0.25, -0.2) is 0 Å². The minimum atomic E-state index is -0.430. The van der Waals surface area contributed by atoms with Crippen molar-refractivity contribution >= 4 is 11.8 Å². The van der Waals surface area contributed by atoms with Crippen LogP contribution in [0.1, 0.15) is 37.7 Å². The van der Waals surface area contributed by atoms with E-state index in [9.17, 15) is 9.59 Å². The van der Waals surface area contributed by atoms with Gasteiger partial charge in [0.1, 0.15) is 23.6 Å². The Morgan fingerprint density at radius 2 is 1.66 bits per heavy atom. The lowest BCUT2D eigenvalue weighted by atomic mass is 10.1. The summed E-state index contributed by atoms with van der Waals surface area (Å²) in [5.74, 6) is 1.60. The molecule has 0 N–H and O–H groups in total. The zero-order valence-electron chi connectivity index (χ0n) is 18.7. The van der Waals surface area contributed by atoms with Crippen LogP contribution < -0.4 is 9.47 Å². The number of ether oxygens (including phenoxy) is 2. The third-order valence-electron chi connectivity index (χ3n) is 6.35. The van der Waals surface area contributed by atoms with Gasteiger partial charge in [0.15, 0.2) is 0 Å². The summed E-state index contributed by atoms with van der Waals surface area (Å²) in [6.45, 7) is 2.02. The molecule has 2 atom stereocenters. The predicted molar refractivity (Wildman–Crippen MR) is 123 cm³/mol. The maximum atomic E-state index is 13.2. The second-order valence-corrected chi connectivity index (χ2v) is 8.58. The molecule has 0 saturated carbocycles. The van der Waals surface area contributed by atoms with Gasteiger partial charge in [-0.15, -0.1) is 0 Å². The maximum Gasteiger partial charge on any atom is 0.245 e. The standard InChI is InChI=1S/C26H32N2O4/c1-31-21-12-14-22(15-13-21)32-23-18-24(26(30)27-16-5-6-17-27)28(19-23)25(29)11-7-10-20-8-3-2-4-9-20/h2-4,8-9,12-15,23-24H,5-7,10-11,16-19H2,1H3/t23?,24-/m1/s1. The number of nitrogens with zero attached hydrogens (tertiary/aromatic N) is 2. The fraction of sp³-hybridized carbons (Fsp3) is 0.462. The van der Waals surface area contributed by atoms with Crippen LogP contribution in [-0.4, -0.2) is 60.5 Å². The van der Waals surface area contributed by atoms with E-state index < -0.39 is 6.04 Å². The molecule has 0 aromatic heterocycles. The van der Waals surface area contributed by atoms with Gasteiger partial charge in [-0.1, -0.05) is 30.3 Å². The van der Waals surface area contributed by atoms with Crippen molar-refractivity contribution in [3.8, 4) is 11.5 Å². The Labute approximate surface area is 190 Å². The van der Waals surface area contributed by atoms with Crippen LogP contribution in [0.15, 0.2) is 54.6 Å². The van der Waals surface area contributed by atoms with Crippen molar-refractivity contribution < 1.29 is 19.1 Å². The average Bonchev–Trinajstić information content (AvgIpc) is 3.50. The maximum absolute atomic E-state index is 13.2. The van der Waals surface area contributed by atoms with E-state index in [1.165, 1.54) is 5.56 Å². The Morgan fingerprint density at radius 1 is 0.969 bits per heavy atom. The fourth-order valence-electron chi connectivity index (χ4n) is 4.62. The van der Waals surface area contributed by atoms with E-state index in [4.69, 9.17) is 9.47 Å². The minimum Gasteiger partial charge on any atom is -0.497 e. The van der Waals surface area contributed by atoms with Gasteiger partial charge in [-0.3, -0.25) is 9.59 Å². The molecule has 2 amide bonds. The molecule has 0 aliphatic carbocycles. The monoisotopic (exact) mass is 436 g/mol. The van der Waals surface area contributed by atoms with Crippen molar-refractivity contribution in [1.82, 2.24) is 9.80 Å². The van der Waals surface area contributed by atoms with E-state index in [2.05, 4.69) is 12.1 Å². The summed E-state index contributed by atoms with van der Waals surface area (Å²) in [6, 6.07) is 17.2. The summed E-state index contributed by atoms with van der Waals surface area (Å²) in [6.07, 6.45) is 4.48. The Kier molecular flexibility index (Phi) is 7.30. The first kappa shape index (κ1) is 22.2. The van der Waals surface area contributed by atoms with Gasteiger partial charge in [0.2, 0.25) is 11.8 Å². The largest absolute Gasteiger partial charge is 0.497 e. The minimum absolute atomic E-state index is 0.0410. The van der Waals surface area contributed by atoms with Gasteiger partial charge in [0, 0.05) is 25.9 Å². The van der Waals surface area contributed by atoms with Crippen LogP contribution in [0, 0.1) is 0 Å². The van der Waals surface area contributed by atoms with Gasteiger partial charge < -0.3 is 19.3 Å². The fourth-order valence-corrected chi connectivity index (χ4v) is 4.62. The van der Waals surface area contributed by atoms with Crippen molar-refractivity contribution in [3.63, 3.8) is 0 Å². The molecule has 0 radical (unpaired) electrons. The molecule has 4 rings (SSSR count). The lowest BCUT2D eigenvalue weighted by Gasteiger charge is -2.27. The summed E-state index contributed by atoms with van der Waals surface area (Å²) >= 11 is 0. The van der Waals surface area contributed by atoms with Crippen LogP contribution in [0.3, 0.4) is 0 Å². The molecule has 2 heterocycles. The number of amides is 2. The van der Waals surface area contributed by atoms with Gasteiger partial charge in [0.05, 0.1) is 13.7 Å². The van der Waals surface area contributed by atoms with Crippen molar-refractivity contribution in [2.75, 3.05) is 26.7 Å². The van der Waals surface area contributed by atoms with Crippen LogP contribution in [0.2, 0.25) is 0 Å². The molecule has 170 valence electrons. The highest BCUT2D eigenvalue weighted by atomic mass is 16.5. The Balaban J connectivity index is 1.40. The molecule has 2 aliphatic heterocycles. The Hall–Kier alpha value is -3.02. The van der Waals surface area contributed by atoms with E-state index in [1.807, 2.05) is 47.4 Å². The molecule has 2 aromatic rings. The number of likely N-dealkylation sites (tertiary alicyclic amines) is 2. The number of aryl methyl sites for hydroxylation is 1. The molecule has 2 fully saturated rings. The highest BCUT2D eigenvalue weighted by Gasteiger charge is 2.42. The third kappa shape index (κ3) is 5.42. The summed E-state index contributed by atoms with van der Waals surface area (Å²) in [7, 11) is 1.63. The quantitative estimate of drug-likeness (QED) is 0.633. The molecule has 32 heavy (non-hydrogen) atoms. The zero-order chi connectivity index (χ0) is 22.3. The summed E-state index contributed by atoms with van der Waals surface area (Å²) in [5.41, 5.74) is 1.23. The van der Waals surface area contributed by atoms with E-state index >= 15 is 0 Å². The molecule has 0 bridgehead atoms. The Morgan fingerprint density at radius 3 is 2.34 bits per heavy atom. The number of methoxy groups -OCH3 is 1. The van der Waals surface area contributed by atoms with Crippen LogP contribution in [-0.2, 0) is 16.0 Å². The molecular formula is C26H32N2O4. The first-order valence-electron chi connectivity index (χ1n) is 11.6. The zero-order valence-corrected chi connectivity index (χ0v) is 18.7. The number of hydrogen-bond acceptors (Lipinski definition) is 4. The average molecular weight is 437 g/mol. The molecule has 2 aromatic carbocycles. The number of carbonyl (C=O) groups excluding carboxylic acids is 2. The summed E-state index contributed by atoms with van der Waals surface area (Å²) in [4.78, 5) is 30.0. The number of carbonyl (C=O) groups is 2. The molecule has 0 spiro atoms. The van der Waals surface area contributed by atoms with Crippen molar-refractivity contribution in [3.05, 3.63) is 60.2 Å². The number of rotatable bonds is 8. The van der Waals surface area contributed by atoms with Gasteiger partial charge in [-0.2, -0.15) is 0 Å². The molecule has 1 unspecified atom stereocenters. The molecule has 6 heteroatoms. The van der Waals surface area contributed by atoms with Crippen molar-refractivity contribution in [1.29, 1.82) is 0 Å². The predicted octanol–water partition coefficient (Wildman–Crippen LogP) is 3.69. The SMILES string of the molecule is COc1ccc(OC2C[C@H](C(=O)N3CCCC3)N(C(=O)CCCc3ccccc3)C2)cc1. The molecule has 2 aliphatic rings. The van der Waals surface area contributed by atoms with E-state index in [-0.39, 0.29) is 17.9 Å². The second kappa shape index (κ2) is 10.5. The van der Waals surface area contributed by atoms with Gasteiger partial charge in [-0.05, 0) is 55.5 Å². The molecule has 2 saturated heterocycles. The third-order valence-corrected chi connectivity index (χ3v) is 6.35.